The van der Waals surface area contributed by atoms with Crippen LogP contribution in [0.3, 0.4) is 0 Å². The third kappa shape index (κ3) is 10.1. The molecule has 2 aliphatic rings. The molecule has 0 radical (unpaired) electrons. The fourth-order valence-electron chi connectivity index (χ4n) is 4.83. The second-order valence-electron chi connectivity index (χ2n) is 10.9. The minimum Gasteiger partial charge on any atom is -0.478 e. The van der Waals surface area contributed by atoms with Gasteiger partial charge in [-0.1, -0.05) is 51.5 Å². The van der Waals surface area contributed by atoms with Gasteiger partial charge in [0.1, 0.15) is 5.82 Å². The molecule has 2 heterocycles. The first-order valence-electron chi connectivity index (χ1n) is 15.6. The highest BCUT2D eigenvalue weighted by Gasteiger charge is 2.34. The number of hydrogen-bond donors (Lipinski definition) is 3. The number of aromatic nitrogens is 1. The molecule has 45 heavy (non-hydrogen) atoms. The lowest BCUT2D eigenvalue weighted by Gasteiger charge is -2.20. The molecule has 242 valence electrons. The molecule has 1 saturated carbocycles. The molecule has 2 amide bonds. The lowest BCUT2D eigenvalue weighted by Crippen LogP contribution is -2.32. The van der Waals surface area contributed by atoms with Gasteiger partial charge in [-0.25, -0.2) is 14.6 Å². The van der Waals surface area contributed by atoms with Crippen molar-refractivity contribution < 1.29 is 27.9 Å². The number of carbonyl (C=O) groups is 2. The summed E-state index contributed by atoms with van der Waals surface area (Å²) in [5.74, 6) is -0.303. The van der Waals surface area contributed by atoms with Crippen LogP contribution in [-0.4, -0.2) is 40.1 Å². The number of aromatic carboxylic acids is 1. The standard InChI is InChI=1S/C17H16N2O2.C16H21F3N2O.C2H6/c20-17(21)14-6-2-5-13(9-14)15-7-8-16(19-11-15)18-10-12-3-1-4-12;1-3-11(2)13-7-6-12(10-14(13)16(17,18)19)20-15(22)21-8-4-5-9-21;1-2/h2,5-11H,1,3-4H2,(H,18,19)(H,20,21);6-7,10-11H,3-5,8-9H2,1-2H3,(H,20,22);1-2H3. The maximum Gasteiger partial charge on any atom is 0.416 e. The van der Waals surface area contributed by atoms with E-state index < -0.39 is 17.7 Å². The highest BCUT2D eigenvalue weighted by molar-refractivity contribution is 5.90. The van der Waals surface area contributed by atoms with Crippen LogP contribution < -0.4 is 10.6 Å². The van der Waals surface area contributed by atoms with Crippen molar-refractivity contribution in [2.24, 2.45) is 0 Å². The van der Waals surface area contributed by atoms with Crippen molar-refractivity contribution in [3.05, 3.63) is 89.3 Å². The maximum absolute atomic E-state index is 13.2. The second-order valence-corrected chi connectivity index (χ2v) is 10.9. The largest absolute Gasteiger partial charge is 0.478 e. The number of urea groups is 1. The number of carboxylic acids is 1. The predicted molar refractivity (Wildman–Crippen MR) is 174 cm³/mol. The van der Waals surface area contributed by atoms with Gasteiger partial charge in [0.05, 0.1) is 11.1 Å². The first-order valence-corrected chi connectivity index (χ1v) is 15.6. The molecule has 5 rings (SSSR count). The summed E-state index contributed by atoms with van der Waals surface area (Å²) in [7, 11) is 0. The summed E-state index contributed by atoms with van der Waals surface area (Å²) >= 11 is 0. The number of benzene rings is 2. The summed E-state index contributed by atoms with van der Waals surface area (Å²) < 4.78 is 39.7. The van der Waals surface area contributed by atoms with Crippen molar-refractivity contribution in [1.82, 2.24) is 9.88 Å². The number of likely N-dealkylation sites (tertiary alicyclic amines) is 1. The number of halogens is 3. The highest BCUT2D eigenvalue weighted by Crippen LogP contribution is 2.38. The summed E-state index contributed by atoms with van der Waals surface area (Å²) in [6.45, 7) is 8.94. The predicted octanol–water partition coefficient (Wildman–Crippen LogP) is 9.80. The van der Waals surface area contributed by atoms with Crippen LogP contribution in [-0.2, 0) is 6.18 Å². The fraction of sp³-hybridized carbons (Fsp3) is 0.400. The number of anilines is 2. The first-order chi connectivity index (χ1) is 21.5. The fourth-order valence-corrected chi connectivity index (χ4v) is 4.83. The molecular formula is C35H43F3N4O3. The van der Waals surface area contributed by atoms with Gasteiger partial charge in [0.2, 0.25) is 0 Å². The molecule has 0 bridgehead atoms. The van der Waals surface area contributed by atoms with E-state index in [0.29, 0.717) is 19.5 Å². The van der Waals surface area contributed by atoms with Gasteiger partial charge >= 0.3 is 18.2 Å². The van der Waals surface area contributed by atoms with E-state index in [0.717, 1.165) is 35.9 Å². The number of nitrogens with zero attached hydrogens (tertiary/aromatic N) is 2. The minimum absolute atomic E-state index is 0.181. The number of rotatable bonds is 7. The lowest BCUT2D eigenvalue weighted by atomic mass is 9.93. The molecule has 3 N–H and O–H groups in total. The number of hydrogen-bond acceptors (Lipinski definition) is 4. The van der Waals surface area contributed by atoms with E-state index in [1.165, 1.54) is 30.9 Å². The smallest absolute Gasteiger partial charge is 0.416 e. The van der Waals surface area contributed by atoms with Gasteiger partial charge in [-0.2, -0.15) is 13.2 Å². The number of carbonyl (C=O) groups excluding carboxylic acids is 1. The number of allylic oxidation sites excluding steroid dienone is 1. The van der Waals surface area contributed by atoms with Crippen LogP contribution in [0, 0.1) is 0 Å². The van der Waals surface area contributed by atoms with Gasteiger partial charge in [0, 0.05) is 36.7 Å². The van der Waals surface area contributed by atoms with Crippen LogP contribution in [0.2, 0.25) is 0 Å². The third-order valence-corrected chi connectivity index (χ3v) is 7.77. The highest BCUT2D eigenvalue weighted by atomic mass is 19.4. The molecule has 7 nitrogen and oxygen atoms in total. The normalized spacial score (nSPS) is 14.6. The Labute approximate surface area is 263 Å². The number of amides is 2. The number of carboxylic acid groups (broad SMARTS) is 1. The van der Waals surface area contributed by atoms with E-state index >= 15 is 0 Å². The third-order valence-electron chi connectivity index (χ3n) is 7.77. The van der Waals surface area contributed by atoms with Crippen LogP contribution in [0.1, 0.15) is 93.6 Å². The zero-order valence-corrected chi connectivity index (χ0v) is 26.4. The number of nitrogens with one attached hydrogen (secondary N) is 2. The Hall–Kier alpha value is -4.34. The minimum atomic E-state index is -4.42. The second kappa shape index (κ2) is 16.7. The summed E-state index contributed by atoms with van der Waals surface area (Å²) in [5.41, 5.74) is 3.26. The van der Waals surface area contributed by atoms with Crippen molar-refractivity contribution >= 4 is 23.5 Å². The maximum atomic E-state index is 13.2. The van der Waals surface area contributed by atoms with Gasteiger partial charge in [-0.15, -0.1) is 0 Å². The zero-order valence-electron chi connectivity index (χ0n) is 26.4. The lowest BCUT2D eigenvalue weighted by molar-refractivity contribution is -0.138. The Bertz CT molecular complexity index is 1440. The summed E-state index contributed by atoms with van der Waals surface area (Å²) in [5, 5.41) is 14.8. The van der Waals surface area contributed by atoms with Crippen molar-refractivity contribution in [1.29, 1.82) is 0 Å². The summed E-state index contributed by atoms with van der Waals surface area (Å²) in [6, 6.07) is 14.4. The number of pyridine rings is 1. The Morgan fingerprint density at radius 3 is 2.27 bits per heavy atom. The van der Waals surface area contributed by atoms with Crippen molar-refractivity contribution in [3.8, 4) is 11.1 Å². The van der Waals surface area contributed by atoms with Gasteiger partial charge in [-0.3, -0.25) is 0 Å². The molecule has 1 atom stereocenters. The van der Waals surface area contributed by atoms with Crippen LogP contribution >= 0.6 is 0 Å². The Kier molecular flexibility index (Phi) is 13.0. The van der Waals surface area contributed by atoms with Crippen molar-refractivity contribution in [3.63, 3.8) is 0 Å². The SMILES string of the molecule is CC.CCC(C)c1ccc(NC(=O)N2CCCC2)cc1C(F)(F)F.O=C(O)c1cccc(-c2ccc(NC=C3CCC3)nc2)c1. The quantitative estimate of drug-likeness (QED) is 0.243. The van der Waals surface area contributed by atoms with Gasteiger partial charge in [0.15, 0.2) is 0 Å². The zero-order chi connectivity index (χ0) is 33.0. The molecule has 0 spiro atoms. The molecule has 1 aliphatic heterocycles. The van der Waals surface area contributed by atoms with E-state index in [1.807, 2.05) is 45.2 Å². The molecule has 1 aromatic heterocycles. The molecule has 1 saturated heterocycles. The van der Waals surface area contributed by atoms with E-state index in [9.17, 15) is 22.8 Å². The molecule has 1 unspecified atom stereocenters. The van der Waals surface area contributed by atoms with Gasteiger partial charge in [-0.05, 0) is 92.0 Å². The Balaban J connectivity index is 0.000000233. The molecule has 2 aromatic carbocycles. The van der Waals surface area contributed by atoms with Crippen molar-refractivity contribution in [2.75, 3.05) is 23.7 Å². The topological polar surface area (TPSA) is 94.6 Å². The van der Waals surface area contributed by atoms with E-state index in [2.05, 4.69) is 15.6 Å². The molecular weight excluding hydrogens is 581 g/mol. The van der Waals surface area contributed by atoms with E-state index in [1.54, 1.807) is 42.3 Å². The van der Waals surface area contributed by atoms with E-state index in [-0.39, 0.29) is 28.8 Å². The van der Waals surface area contributed by atoms with Crippen LogP contribution in [0.15, 0.2) is 72.6 Å². The molecule has 3 aromatic rings. The average Bonchev–Trinajstić information content (AvgIpc) is 3.57. The van der Waals surface area contributed by atoms with E-state index in [4.69, 9.17) is 5.11 Å². The van der Waals surface area contributed by atoms with Crippen molar-refractivity contribution in [2.45, 2.75) is 78.3 Å². The molecule has 10 heteroatoms. The summed E-state index contributed by atoms with van der Waals surface area (Å²) in [4.78, 5) is 29.0. The van der Waals surface area contributed by atoms with Crippen LogP contribution in [0.4, 0.5) is 29.5 Å². The Morgan fingerprint density at radius 2 is 1.71 bits per heavy atom. The van der Waals surface area contributed by atoms with Gasteiger partial charge in [0.25, 0.3) is 0 Å². The van der Waals surface area contributed by atoms with Crippen LogP contribution in [0.5, 0.6) is 0 Å². The average molecular weight is 625 g/mol. The Morgan fingerprint density at radius 1 is 1.00 bits per heavy atom. The molecule has 1 aliphatic carbocycles. The first kappa shape index (κ1) is 35.1. The van der Waals surface area contributed by atoms with Gasteiger partial charge < -0.3 is 20.6 Å². The monoisotopic (exact) mass is 624 g/mol. The number of alkyl halides is 3. The summed E-state index contributed by atoms with van der Waals surface area (Å²) in [6.07, 6.45) is 5.48. The molecule has 2 fully saturated rings. The van der Waals surface area contributed by atoms with Crippen LogP contribution in [0.25, 0.3) is 11.1 Å².